The van der Waals surface area contributed by atoms with Gasteiger partial charge in [-0.1, -0.05) is 127 Å². The molecule has 0 N–H and O–H groups in total. The van der Waals surface area contributed by atoms with E-state index < -0.39 is 0 Å². The highest BCUT2D eigenvalue weighted by molar-refractivity contribution is 5.87. The van der Waals surface area contributed by atoms with Gasteiger partial charge in [-0.15, -0.1) is 0 Å². The van der Waals surface area contributed by atoms with Crippen LogP contribution in [0.3, 0.4) is 0 Å². The minimum Gasteiger partial charge on any atom is -0.345 e. The highest BCUT2D eigenvalue weighted by Gasteiger charge is 2.05. The van der Waals surface area contributed by atoms with Crippen molar-refractivity contribution in [3.63, 3.8) is 0 Å². The van der Waals surface area contributed by atoms with Crippen molar-refractivity contribution in [2.45, 2.75) is 155 Å². The van der Waals surface area contributed by atoms with Crippen LogP contribution in [0.5, 0.6) is 0 Å². The number of carbonyl (C=O) groups excluding carboxylic acids is 1. The van der Waals surface area contributed by atoms with Gasteiger partial charge in [0.15, 0.2) is 0 Å². The zero-order valence-corrected chi connectivity index (χ0v) is 24.3. The lowest BCUT2D eigenvalue weighted by molar-refractivity contribution is -0.123. The summed E-state index contributed by atoms with van der Waals surface area (Å²) in [5.74, 6) is 0.153. The van der Waals surface area contributed by atoms with Crippen molar-refractivity contribution in [1.29, 1.82) is 0 Å². The summed E-state index contributed by atoms with van der Waals surface area (Å²) in [6.45, 7) is 4.53. The maximum absolute atomic E-state index is 12.2. The second-order valence-electron chi connectivity index (χ2n) is 10.6. The predicted molar refractivity (Wildman–Crippen MR) is 158 cm³/mol. The van der Waals surface area contributed by atoms with Gasteiger partial charge in [-0.3, -0.25) is 4.79 Å². The third-order valence-corrected chi connectivity index (χ3v) is 6.82. The molecule has 0 heterocycles. The molecule has 2 nitrogen and oxygen atoms in total. The van der Waals surface area contributed by atoms with Gasteiger partial charge < -0.3 is 4.90 Å². The summed E-state index contributed by atoms with van der Waals surface area (Å²) in [6.07, 6.45) is 39.7. The minimum atomic E-state index is 0.153. The van der Waals surface area contributed by atoms with Gasteiger partial charge in [0.25, 0.3) is 0 Å². The highest BCUT2D eigenvalue weighted by atomic mass is 16.2. The van der Waals surface area contributed by atoms with Gasteiger partial charge >= 0.3 is 0 Å². The lowest BCUT2D eigenvalue weighted by Crippen LogP contribution is -2.19. The SMILES string of the molecule is CCCCC/C=C\C/C=C\CCCCCCCCC/C(=C/C(=O)N(C)C)CCCCCCCCC. The molecule has 0 aliphatic heterocycles. The van der Waals surface area contributed by atoms with Crippen molar-refractivity contribution < 1.29 is 4.79 Å². The summed E-state index contributed by atoms with van der Waals surface area (Å²) >= 11 is 0. The van der Waals surface area contributed by atoms with E-state index in [4.69, 9.17) is 0 Å². The van der Waals surface area contributed by atoms with E-state index in [1.165, 1.54) is 128 Å². The molecule has 0 saturated carbocycles. The van der Waals surface area contributed by atoms with Crippen molar-refractivity contribution in [1.82, 2.24) is 4.90 Å². The van der Waals surface area contributed by atoms with Crippen LogP contribution in [0.4, 0.5) is 0 Å². The van der Waals surface area contributed by atoms with Gasteiger partial charge in [0.1, 0.15) is 0 Å². The smallest absolute Gasteiger partial charge is 0.245 e. The average Bonchev–Trinajstić information content (AvgIpc) is 2.84. The van der Waals surface area contributed by atoms with Crippen LogP contribution in [-0.2, 0) is 4.79 Å². The summed E-state index contributed by atoms with van der Waals surface area (Å²) in [6, 6.07) is 0. The Labute approximate surface area is 220 Å². The topological polar surface area (TPSA) is 20.3 Å². The summed E-state index contributed by atoms with van der Waals surface area (Å²) in [5, 5.41) is 0. The van der Waals surface area contributed by atoms with Crippen molar-refractivity contribution in [2.24, 2.45) is 0 Å². The average molecular weight is 488 g/mol. The summed E-state index contributed by atoms with van der Waals surface area (Å²) in [5.41, 5.74) is 1.37. The Balaban J connectivity index is 3.80. The van der Waals surface area contributed by atoms with Crippen LogP contribution >= 0.6 is 0 Å². The van der Waals surface area contributed by atoms with E-state index in [1.807, 2.05) is 20.2 Å². The van der Waals surface area contributed by atoms with Crippen LogP contribution in [0, 0.1) is 0 Å². The first-order chi connectivity index (χ1) is 17.1. The van der Waals surface area contributed by atoms with Crippen LogP contribution in [-0.4, -0.2) is 24.9 Å². The Hall–Kier alpha value is -1.31. The fourth-order valence-electron chi connectivity index (χ4n) is 4.40. The molecule has 0 aromatic heterocycles. The standard InChI is InChI=1S/C33H61NO/c1-5-7-9-11-13-14-15-16-17-18-19-20-21-22-24-26-28-30-32(31-33(35)34(3)4)29-27-25-23-12-10-8-6-2/h13-14,16-17,31H,5-12,15,18-30H2,1-4H3/b14-13-,17-16-,32-31+. The highest BCUT2D eigenvalue weighted by Crippen LogP contribution is 2.19. The summed E-state index contributed by atoms with van der Waals surface area (Å²) < 4.78 is 0. The van der Waals surface area contributed by atoms with E-state index in [0.29, 0.717) is 0 Å². The van der Waals surface area contributed by atoms with E-state index in [0.717, 1.165) is 19.3 Å². The number of likely N-dealkylation sites (N-methyl/N-ethyl adjacent to an activating group) is 1. The molecule has 1 amide bonds. The Bertz CT molecular complexity index is 543. The first-order valence-corrected chi connectivity index (χ1v) is 15.3. The number of unbranched alkanes of at least 4 members (excludes halogenated alkanes) is 16. The number of carbonyl (C=O) groups is 1. The molecule has 0 aromatic rings. The molecule has 0 aliphatic carbocycles. The Morgan fingerprint density at radius 1 is 0.543 bits per heavy atom. The van der Waals surface area contributed by atoms with E-state index in [9.17, 15) is 4.79 Å². The molecule has 0 aliphatic rings. The van der Waals surface area contributed by atoms with Crippen LogP contribution < -0.4 is 0 Å². The number of allylic oxidation sites excluding steroid dienone is 5. The summed E-state index contributed by atoms with van der Waals surface area (Å²) in [7, 11) is 3.71. The number of nitrogens with zero attached hydrogens (tertiary/aromatic N) is 1. The minimum absolute atomic E-state index is 0.153. The Morgan fingerprint density at radius 3 is 1.43 bits per heavy atom. The van der Waals surface area contributed by atoms with Crippen LogP contribution in [0.2, 0.25) is 0 Å². The molecule has 35 heavy (non-hydrogen) atoms. The fraction of sp³-hybridized carbons (Fsp3) is 0.788. The number of amides is 1. The molecule has 0 spiro atoms. The molecule has 0 saturated heterocycles. The molecule has 2 heteroatoms. The monoisotopic (exact) mass is 487 g/mol. The van der Waals surface area contributed by atoms with Gasteiger partial charge in [0.2, 0.25) is 5.91 Å². The lowest BCUT2D eigenvalue weighted by atomic mass is 9.98. The third kappa shape index (κ3) is 25.6. The second-order valence-corrected chi connectivity index (χ2v) is 10.6. The third-order valence-electron chi connectivity index (χ3n) is 6.82. The normalized spacial score (nSPS) is 12.3. The van der Waals surface area contributed by atoms with E-state index in [2.05, 4.69) is 38.2 Å². The maximum Gasteiger partial charge on any atom is 0.245 e. The number of rotatable bonds is 25. The first-order valence-electron chi connectivity index (χ1n) is 15.3. The van der Waals surface area contributed by atoms with Gasteiger partial charge in [0, 0.05) is 20.2 Å². The molecule has 0 unspecified atom stereocenters. The van der Waals surface area contributed by atoms with E-state index in [-0.39, 0.29) is 5.91 Å². The quantitative estimate of drug-likeness (QED) is 0.0712. The second kappa shape index (κ2) is 27.3. The first kappa shape index (κ1) is 33.7. The van der Waals surface area contributed by atoms with Crippen molar-refractivity contribution in [3.8, 4) is 0 Å². The molecule has 204 valence electrons. The zero-order chi connectivity index (χ0) is 25.8. The maximum atomic E-state index is 12.2. The van der Waals surface area contributed by atoms with Gasteiger partial charge in [0.05, 0.1) is 0 Å². The van der Waals surface area contributed by atoms with Gasteiger partial charge in [-0.05, 0) is 57.8 Å². The number of hydrogen-bond donors (Lipinski definition) is 0. The van der Waals surface area contributed by atoms with Crippen LogP contribution in [0.1, 0.15) is 155 Å². The van der Waals surface area contributed by atoms with Crippen molar-refractivity contribution >= 4 is 5.91 Å². The zero-order valence-electron chi connectivity index (χ0n) is 24.3. The molecular formula is C33H61NO. The van der Waals surface area contributed by atoms with Gasteiger partial charge in [-0.25, -0.2) is 0 Å². The fourth-order valence-corrected chi connectivity index (χ4v) is 4.40. The van der Waals surface area contributed by atoms with E-state index in [1.54, 1.807) is 4.90 Å². The van der Waals surface area contributed by atoms with Crippen LogP contribution in [0.15, 0.2) is 36.0 Å². The predicted octanol–water partition coefficient (Wildman–Crippen LogP) is 10.7. The molecule has 0 rings (SSSR count). The van der Waals surface area contributed by atoms with Gasteiger partial charge in [-0.2, -0.15) is 0 Å². The lowest BCUT2D eigenvalue weighted by Gasteiger charge is -2.11. The van der Waals surface area contributed by atoms with Crippen molar-refractivity contribution in [3.05, 3.63) is 36.0 Å². The van der Waals surface area contributed by atoms with Crippen molar-refractivity contribution in [2.75, 3.05) is 14.1 Å². The molecule has 0 radical (unpaired) electrons. The van der Waals surface area contributed by atoms with Crippen LogP contribution in [0.25, 0.3) is 0 Å². The van der Waals surface area contributed by atoms with E-state index >= 15 is 0 Å². The molecule has 0 atom stereocenters. The number of hydrogen-bond acceptors (Lipinski definition) is 1. The Kier molecular flexibility index (Phi) is 26.3. The molecular weight excluding hydrogens is 426 g/mol. The largest absolute Gasteiger partial charge is 0.345 e. The molecule has 0 fully saturated rings. The molecule has 0 aromatic carbocycles. The Morgan fingerprint density at radius 2 is 0.943 bits per heavy atom. The summed E-state index contributed by atoms with van der Waals surface area (Å²) in [4.78, 5) is 13.9. The molecule has 0 bridgehead atoms.